The van der Waals surface area contributed by atoms with Gasteiger partial charge >= 0.3 is 0 Å². The SMILES string of the molecule is COc1ccc(C)cc1C(C)NC(=O)Cc1ccc(Cl)c(Cl)c1. The maximum absolute atomic E-state index is 12.2. The van der Waals surface area contributed by atoms with E-state index in [4.69, 9.17) is 27.9 Å². The molecule has 0 aliphatic carbocycles. The molecule has 0 saturated carbocycles. The van der Waals surface area contributed by atoms with Crippen molar-refractivity contribution in [3.63, 3.8) is 0 Å². The monoisotopic (exact) mass is 351 g/mol. The van der Waals surface area contributed by atoms with Crippen LogP contribution >= 0.6 is 23.2 Å². The van der Waals surface area contributed by atoms with Gasteiger partial charge in [-0.3, -0.25) is 4.79 Å². The van der Waals surface area contributed by atoms with E-state index in [9.17, 15) is 4.79 Å². The van der Waals surface area contributed by atoms with Gasteiger partial charge in [0.25, 0.3) is 0 Å². The Balaban J connectivity index is 2.07. The fourth-order valence-electron chi connectivity index (χ4n) is 2.40. The normalized spacial score (nSPS) is 11.9. The molecule has 0 saturated heterocycles. The number of hydrogen-bond acceptors (Lipinski definition) is 2. The summed E-state index contributed by atoms with van der Waals surface area (Å²) >= 11 is 11.9. The van der Waals surface area contributed by atoms with Crippen LogP contribution in [0.1, 0.15) is 29.7 Å². The molecule has 2 rings (SSSR count). The first-order chi connectivity index (χ1) is 10.9. The Morgan fingerprint density at radius 1 is 1.17 bits per heavy atom. The van der Waals surface area contributed by atoms with Crippen molar-refractivity contribution < 1.29 is 9.53 Å². The lowest BCUT2D eigenvalue weighted by Gasteiger charge is -2.18. The van der Waals surface area contributed by atoms with Gasteiger partial charge in [-0.2, -0.15) is 0 Å². The highest BCUT2D eigenvalue weighted by Crippen LogP contribution is 2.26. The topological polar surface area (TPSA) is 38.3 Å². The molecule has 0 heterocycles. The number of rotatable bonds is 5. The van der Waals surface area contributed by atoms with Crippen LogP contribution in [0.4, 0.5) is 0 Å². The number of carbonyl (C=O) groups excluding carboxylic acids is 1. The Labute approximate surface area is 146 Å². The van der Waals surface area contributed by atoms with Crippen molar-refractivity contribution in [2.45, 2.75) is 26.3 Å². The van der Waals surface area contributed by atoms with E-state index in [0.717, 1.165) is 22.4 Å². The fourth-order valence-corrected chi connectivity index (χ4v) is 2.72. The minimum Gasteiger partial charge on any atom is -0.496 e. The maximum atomic E-state index is 12.2. The second-order valence-corrected chi connectivity index (χ2v) is 6.27. The van der Waals surface area contributed by atoms with Crippen molar-refractivity contribution in [3.05, 3.63) is 63.1 Å². The van der Waals surface area contributed by atoms with Crippen LogP contribution in [0.15, 0.2) is 36.4 Å². The first-order valence-electron chi connectivity index (χ1n) is 7.28. The van der Waals surface area contributed by atoms with E-state index >= 15 is 0 Å². The zero-order valence-corrected chi connectivity index (χ0v) is 14.8. The van der Waals surface area contributed by atoms with E-state index < -0.39 is 0 Å². The van der Waals surface area contributed by atoms with Crippen LogP contribution in [0.5, 0.6) is 5.75 Å². The van der Waals surface area contributed by atoms with E-state index in [1.165, 1.54) is 0 Å². The molecular weight excluding hydrogens is 333 g/mol. The lowest BCUT2D eigenvalue weighted by atomic mass is 10.0. The quantitative estimate of drug-likeness (QED) is 0.845. The van der Waals surface area contributed by atoms with Crippen LogP contribution in [-0.4, -0.2) is 13.0 Å². The number of carbonyl (C=O) groups is 1. The van der Waals surface area contributed by atoms with Gasteiger partial charge in [-0.05, 0) is 37.6 Å². The summed E-state index contributed by atoms with van der Waals surface area (Å²) < 4.78 is 5.37. The molecule has 1 atom stereocenters. The maximum Gasteiger partial charge on any atom is 0.224 e. The third-order valence-electron chi connectivity index (χ3n) is 3.58. The van der Waals surface area contributed by atoms with Crippen molar-refractivity contribution >= 4 is 29.1 Å². The molecule has 0 aliphatic rings. The Bertz CT molecular complexity index is 716. The number of methoxy groups -OCH3 is 1. The summed E-state index contributed by atoms with van der Waals surface area (Å²) in [5.74, 6) is 0.678. The molecule has 0 spiro atoms. The zero-order chi connectivity index (χ0) is 17.0. The molecule has 0 radical (unpaired) electrons. The highest BCUT2D eigenvalue weighted by atomic mass is 35.5. The molecule has 1 unspecified atom stereocenters. The van der Waals surface area contributed by atoms with Crippen molar-refractivity contribution in [2.75, 3.05) is 7.11 Å². The Hall–Kier alpha value is -1.71. The number of nitrogens with one attached hydrogen (secondary N) is 1. The number of aryl methyl sites for hydroxylation is 1. The van der Waals surface area contributed by atoms with Gasteiger partial charge in [-0.25, -0.2) is 0 Å². The molecule has 0 fully saturated rings. The lowest BCUT2D eigenvalue weighted by molar-refractivity contribution is -0.121. The van der Waals surface area contributed by atoms with Crippen molar-refractivity contribution in [3.8, 4) is 5.75 Å². The van der Waals surface area contributed by atoms with Crippen LogP contribution < -0.4 is 10.1 Å². The van der Waals surface area contributed by atoms with Gasteiger partial charge in [-0.1, -0.05) is 47.0 Å². The molecule has 0 bridgehead atoms. The highest BCUT2D eigenvalue weighted by molar-refractivity contribution is 6.42. The summed E-state index contributed by atoms with van der Waals surface area (Å²) in [4.78, 5) is 12.2. The second kappa shape index (κ2) is 7.71. The third-order valence-corrected chi connectivity index (χ3v) is 4.32. The van der Waals surface area contributed by atoms with Crippen LogP contribution in [0.2, 0.25) is 10.0 Å². The van der Waals surface area contributed by atoms with Gasteiger partial charge in [0, 0.05) is 5.56 Å². The van der Waals surface area contributed by atoms with E-state index in [2.05, 4.69) is 5.32 Å². The minimum atomic E-state index is -0.153. The number of ether oxygens (including phenoxy) is 1. The fraction of sp³-hybridized carbons (Fsp3) is 0.278. The zero-order valence-electron chi connectivity index (χ0n) is 13.3. The Morgan fingerprint density at radius 2 is 1.91 bits per heavy atom. The average Bonchev–Trinajstić information content (AvgIpc) is 2.50. The van der Waals surface area contributed by atoms with Gasteiger partial charge < -0.3 is 10.1 Å². The molecule has 0 aliphatic heterocycles. The van der Waals surface area contributed by atoms with Gasteiger partial charge in [0.15, 0.2) is 0 Å². The summed E-state index contributed by atoms with van der Waals surface area (Å²) in [5, 5.41) is 3.92. The average molecular weight is 352 g/mol. The van der Waals surface area contributed by atoms with Crippen molar-refractivity contribution in [2.24, 2.45) is 0 Å². The summed E-state index contributed by atoms with van der Waals surface area (Å²) in [6, 6.07) is 11.0. The smallest absolute Gasteiger partial charge is 0.224 e. The molecule has 2 aromatic carbocycles. The molecule has 0 aromatic heterocycles. The number of benzene rings is 2. The van der Waals surface area contributed by atoms with E-state index in [0.29, 0.717) is 10.0 Å². The van der Waals surface area contributed by atoms with Gasteiger partial charge in [0.1, 0.15) is 5.75 Å². The predicted octanol–water partition coefficient (Wildman–Crippen LogP) is 4.73. The van der Waals surface area contributed by atoms with E-state index in [1.54, 1.807) is 25.3 Å². The molecule has 2 aromatic rings. The van der Waals surface area contributed by atoms with Crippen LogP contribution in [0.25, 0.3) is 0 Å². The predicted molar refractivity (Wildman–Crippen MR) is 94.5 cm³/mol. The first-order valence-corrected chi connectivity index (χ1v) is 8.04. The number of amides is 1. The van der Waals surface area contributed by atoms with Crippen molar-refractivity contribution in [1.82, 2.24) is 5.32 Å². The summed E-state index contributed by atoms with van der Waals surface area (Å²) in [6.45, 7) is 3.94. The highest BCUT2D eigenvalue weighted by Gasteiger charge is 2.15. The molecular formula is C18H19Cl2NO2. The number of halogens is 2. The van der Waals surface area contributed by atoms with E-state index in [1.807, 2.05) is 32.0 Å². The van der Waals surface area contributed by atoms with Gasteiger partial charge in [-0.15, -0.1) is 0 Å². The first kappa shape index (κ1) is 17.6. The molecule has 5 heteroatoms. The van der Waals surface area contributed by atoms with Gasteiger partial charge in [0.05, 0.1) is 29.6 Å². The Kier molecular flexibility index (Phi) is 5.91. The lowest BCUT2D eigenvalue weighted by Crippen LogP contribution is -2.28. The minimum absolute atomic E-state index is 0.0838. The molecule has 3 nitrogen and oxygen atoms in total. The standard InChI is InChI=1S/C18H19Cl2NO2/c1-11-4-7-17(23-3)14(8-11)12(2)21-18(22)10-13-5-6-15(19)16(20)9-13/h4-9,12H,10H2,1-3H3,(H,21,22). The summed E-state index contributed by atoms with van der Waals surface area (Å²) in [6.07, 6.45) is 0.245. The number of hydrogen-bond donors (Lipinski definition) is 1. The molecule has 1 amide bonds. The summed E-state index contributed by atoms with van der Waals surface area (Å²) in [5.41, 5.74) is 2.89. The second-order valence-electron chi connectivity index (χ2n) is 5.46. The van der Waals surface area contributed by atoms with Crippen LogP contribution in [0, 0.1) is 6.92 Å². The molecule has 1 N–H and O–H groups in total. The molecule has 122 valence electrons. The largest absolute Gasteiger partial charge is 0.496 e. The third kappa shape index (κ3) is 4.63. The van der Waals surface area contributed by atoms with E-state index in [-0.39, 0.29) is 18.4 Å². The Morgan fingerprint density at radius 3 is 2.57 bits per heavy atom. The van der Waals surface area contributed by atoms with Gasteiger partial charge in [0.2, 0.25) is 5.91 Å². The van der Waals surface area contributed by atoms with Crippen LogP contribution in [-0.2, 0) is 11.2 Å². The van der Waals surface area contributed by atoms with Crippen LogP contribution in [0.3, 0.4) is 0 Å². The van der Waals surface area contributed by atoms with Crippen molar-refractivity contribution in [1.29, 1.82) is 0 Å². The molecule has 23 heavy (non-hydrogen) atoms. The summed E-state index contributed by atoms with van der Waals surface area (Å²) in [7, 11) is 1.62.